The van der Waals surface area contributed by atoms with Gasteiger partial charge < -0.3 is 10.1 Å². The van der Waals surface area contributed by atoms with Crippen molar-refractivity contribution in [3.8, 4) is 11.8 Å². The Morgan fingerprint density at radius 2 is 1.95 bits per heavy atom. The zero-order chi connectivity index (χ0) is 15.1. The first-order valence-corrected chi connectivity index (χ1v) is 7.11. The quantitative estimate of drug-likeness (QED) is 0.870. The van der Waals surface area contributed by atoms with Gasteiger partial charge in [-0.25, -0.2) is 0 Å². The van der Waals surface area contributed by atoms with Gasteiger partial charge in [-0.15, -0.1) is 0 Å². The van der Waals surface area contributed by atoms with Gasteiger partial charge >= 0.3 is 0 Å². The third-order valence-corrected chi connectivity index (χ3v) is 3.44. The van der Waals surface area contributed by atoms with Crippen molar-refractivity contribution in [1.82, 2.24) is 0 Å². The predicted molar refractivity (Wildman–Crippen MR) is 85.6 cm³/mol. The largest absolute Gasteiger partial charge is 0.495 e. The minimum absolute atomic E-state index is 0.326. The van der Waals surface area contributed by atoms with Crippen molar-refractivity contribution in [3.63, 3.8) is 0 Å². The molecule has 0 aliphatic rings. The summed E-state index contributed by atoms with van der Waals surface area (Å²) in [6.07, 6.45) is 2.07. The molecule has 0 aliphatic heterocycles. The van der Waals surface area contributed by atoms with Crippen LogP contribution in [0.5, 0.6) is 5.75 Å². The molecule has 0 fully saturated rings. The number of hydrogen-bond donors (Lipinski definition) is 1. The second kappa shape index (κ2) is 7.35. The van der Waals surface area contributed by atoms with E-state index in [2.05, 4.69) is 42.6 Å². The summed E-state index contributed by atoms with van der Waals surface area (Å²) in [7, 11) is 1.62. The molecule has 0 saturated carbocycles. The molecule has 108 valence electrons. The number of methoxy groups -OCH3 is 1. The molecule has 0 spiro atoms. The number of nitrogens with one attached hydrogen (secondary N) is 1. The van der Waals surface area contributed by atoms with Crippen LogP contribution in [0.1, 0.15) is 24.5 Å². The van der Waals surface area contributed by atoms with Gasteiger partial charge in [0.05, 0.1) is 24.4 Å². The maximum Gasteiger partial charge on any atom is 0.143 e. The van der Waals surface area contributed by atoms with E-state index in [0.717, 1.165) is 18.5 Å². The van der Waals surface area contributed by atoms with Crippen LogP contribution in [0.25, 0.3) is 0 Å². The van der Waals surface area contributed by atoms with Gasteiger partial charge in [0.1, 0.15) is 5.75 Å². The molecule has 0 radical (unpaired) electrons. The van der Waals surface area contributed by atoms with Gasteiger partial charge in [-0.2, -0.15) is 5.26 Å². The molecule has 0 saturated heterocycles. The van der Waals surface area contributed by atoms with Crippen molar-refractivity contribution in [2.45, 2.75) is 25.8 Å². The Balaban J connectivity index is 1.96. The Morgan fingerprint density at radius 1 is 1.19 bits per heavy atom. The normalized spacial score (nSPS) is 11.5. The summed E-state index contributed by atoms with van der Waals surface area (Å²) in [6.45, 7) is 2.15. The highest BCUT2D eigenvalue weighted by Crippen LogP contribution is 2.26. The van der Waals surface area contributed by atoms with Crippen LogP contribution < -0.4 is 10.1 Å². The van der Waals surface area contributed by atoms with E-state index in [-0.39, 0.29) is 0 Å². The molecule has 0 heterocycles. The standard InChI is InChI=1S/C18H20N2O/c1-14(8-9-15-6-4-3-5-7-15)20-17-11-10-16(13-19)12-18(17)21-2/h3-7,10-12,14,20H,8-9H2,1-2H3. The fraction of sp³-hybridized carbons (Fsp3) is 0.278. The molecule has 3 heteroatoms. The first-order valence-electron chi connectivity index (χ1n) is 7.11. The van der Waals surface area contributed by atoms with E-state index in [0.29, 0.717) is 17.4 Å². The predicted octanol–water partition coefficient (Wildman–Crippen LogP) is 4.00. The van der Waals surface area contributed by atoms with Gasteiger partial charge in [0, 0.05) is 12.1 Å². The van der Waals surface area contributed by atoms with Gasteiger partial charge in [-0.05, 0) is 37.5 Å². The minimum atomic E-state index is 0.326. The molecule has 3 nitrogen and oxygen atoms in total. The van der Waals surface area contributed by atoms with E-state index in [4.69, 9.17) is 10.00 Å². The number of nitriles is 1. The Morgan fingerprint density at radius 3 is 2.62 bits per heavy atom. The molecule has 2 aromatic rings. The number of ether oxygens (including phenoxy) is 1. The van der Waals surface area contributed by atoms with Crippen LogP contribution in [-0.2, 0) is 6.42 Å². The molecule has 0 aromatic heterocycles. The molecule has 0 amide bonds. The lowest BCUT2D eigenvalue weighted by atomic mass is 10.1. The highest BCUT2D eigenvalue weighted by molar-refractivity contribution is 5.59. The molecule has 21 heavy (non-hydrogen) atoms. The smallest absolute Gasteiger partial charge is 0.143 e. The van der Waals surface area contributed by atoms with E-state index in [1.807, 2.05) is 12.1 Å². The summed E-state index contributed by atoms with van der Waals surface area (Å²) < 4.78 is 5.34. The van der Waals surface area contributed by atoms with Crippen LogP contribution in [0.2, 0.25) is 0 Å². The lowest BCUT2D eigenvalue weighted by Crippen LogP contribution is -2.16. The zero-order valence-electron chi connectivity index (χ0n) is 12.5. The van der Waals surface area contributed by atoms with Crippen LogP contribution >= 0.6 is 0 Å². The molecule has 1 unspecified atom stereocenters. The zero-order valence-corrected chi connectivity index (χ0v) is 12.5. The van der Waals surface area contributed by atoms with E-state index in [1.165, 1.54) is 5.56 Å². The summed E-state index contributed by atoms with van der Waals surface area (Å²) in [4.78, 5) is 0. The first-order chi connectivity index (χ1) is 10.2. The molecule has 1 N–H and O–H groups in total. The summed E-state index contributed by atoms with van der Waals surface area (Å²) in [5.74, 6) is 0.709. The number of benzene rings is 2. The van der Waals surface area contributed by atoms with E-state index in [1.54, 1.807) is 19.2 Å². The van der Waals surface area contributed by atoms with Crippen molar-refractivity contribution in [2.75, 3.05) is 12.4 Å². The van der Waals surface area contributed by atoms with Crippen LogP contribution in [0.15, 0.2) is 48.5 Å². The van der Waals surface area contributed by atoms with Crippen LogP contribution in [0.3, 0.4) is 0 Å². The van der Waals surface area contributed by atoms with Crippen LogP contribution in [0, 0.1) is 11.3 Å². The Kier molecular flexibility index (Phi) is 5.22. The molecule has 2 aromatic carbocycles. The Hall–Kier alpha value is -2.47. The summed E-state index contributed by atoms with van der Waals surface area (Å²) in [6, 6.07) is 18.4. The van der Waals surface area contributed by atoms with Gasteiger partial charge in [-0.1, -0.05) is 30.3 Å². The Bertz CT molecular complexity index is 617. The summed E-state index contributed by atoms with van der Waals surface area (Å²) in [5.41, 5.74) is 2.88. The monoisotopic (exact) mass is 280 g/mol. The maximum atomic E-state index is 8.91. The lowest BCUT2D eigenvalue weighted by Gasteiger charge is -2.17. The SMILES string of the molecule is COc1cc(C#N)ccc1NC(C)CCc1ccccc1. The highest BCUT2D eigenvalue weighted by Gasteiger charge is 2.08. The van der Waals surface area contributed by atoms with Crippen molar-refractivity contribution in [2.24, 2.45) is 0 Å². The first kappa shape index (κ1) is 14.9. The summed E-state index contributed by atoms with van der Waals surface area (Å²) >= 11 is 0. The third-order valence-electron chi connectivity index (χ3n) is 3.44. The fourth-order valence-electron chi connectivity index (χ4n) is 2.25. The minimum Gasteiger partial charge on any atom is -0.495 e. The van der Waals surface area contributed by atoms with Gasteiger partial charge in [0.2, 0.25) is 0 Å². The molecular formula is C18H20N2O. The molecule has 2 rings (SSSR count). The van der Waals surface area contributed by atoms with Crippen LogP contribution in [-0.4, -0.2) is 13.2 Å². The number of anilines is 1. The van der Waals surface area contributed by atoms with Crippen LogP contribution in [0.4, 0.5) is 5.69 Å². The topological polar surface area (TPSA) is 45.0 Å². The van der Waals surface area contributed by atoms with Crippen molar-refractivity contribution in [1.29, 1.82) is 5.26 Å². The maximum absolute atomic E-state index is 8.91. The van der Waals surface area contributed by atoms with Gasteiger partial charge in [-0.3, -0.25) is 0 Å². The second-order valence-electron chi connectivity index (χ2n) is 5.10. The number of nitrogens with zero attached hydrogens (tertiary/aromatic N) is 1. The molecule has 0 aliphatic carbocycles. The number of rotatable bonds is 6. The highest BCUT2D eigenvalue weighted by atomic mass is 16.5. The lowest BCUT2D eigenvalue weighted by molar-refractivity contribution is 0.415. The van der Waals surface area contributed by atoms with E-state index >= 15 is 0 Å². The molecule has 1 atom stereocenters. The second-order valence-corrected chi connectivity index (χ2v) is 5.10. The number of aryl methyl sites for hydroxylation is 1. The van der Waals surface area contributed by atoms with E-state index in [9.17, 15) is 0 Å². The average molecular weight is 280 g/mol. The Labute approximate surface area is 126 Å². The molecular weight excluding hydrogens is 260 g/mol. The summed E-state index contributed by atoms with van der Waals surface area (Å²) in [5, 5.41) is 12.4. The molecule has 0 bridgehead atoms. The van der Waals surface area contributed by atoms with Gasteiger partial charge in [0.25, 0.3) is 0 Å². The van der Waals surface area contributed by atoms with E-state index < -0.39 is 0 Å². The van der Waals surface area contributed by atoms with Crippen molar-refractivity contribution < 1.29 is 4.74 Å². The van der Waals surface area contributed by atoms with Gasteiger partial charge in [0.15, 0.2) is 0 Å². The van der Waals surface area contributed by atoms with Crippen molar-refractivity contribution in [3.05, 3.63) is 59.7 Å². The average Bonchev–Trinajstić information content (AvgIpc) is 2.54. The fourth-order valence-corrected chi connectivity index (χ4v) is 2.25. The third kappa shape index (κ3) is 4.25. The number of hydrogen-bond acceptors (Lipinski definition) is 3. The van der Waals surface area contributed by atoms with Crippen molar-refractivity contribution >= 4 is 5.69 Å².